The first-order chi connectivity index (χ1) is 7.75. The van der Waals surface area contributed by atoms with Crippen molar-refractivity contribution in [2.45, 2.75) is 32.2 Å². The quantitative estimate of drug-likeness (QED) is 0.792. The molecule has 0 aromatic carbocycles. The molecule has 1 aromatic heterocycles. The highest BCUT2D eigenvalue weighted by Gasteiger charge is 2.17. The third-order valence-electron chi connectivity index (χ3n) is 2.83. The second-order valence-corrected chi connectivity index (χ2v) is 4.21. The normalized spacial score (nSPS) is 21.1. The largest absolute Gasteiger partial charge is 0.367 e. The Hall–Kier alpha value is -1.58. The van der Waals surface area contributed by atoms with Crippen LogP contribution in [0.25, 0.3) is 0 Å². The van der Waals surface area contributed by atoms with Crippen LogP contribution < -0.4 is 10.6 Å². The van der Waals surface area contributed by atoms with Gasteiger partial charge in [-0.1, -0.05) is 6.07 Å². The molecule has 2 heterocycles. The molecule has 1 saturated heterocycles. The van der Waals surface area contributed by atoms with Gasteiger partial charge in [-0.05, 0) is 31.4 Å². The number of nitrogens with one attached hydrogen (secondary N) is 2. The molecule has 4 heteroatoms. The Balaban J connectivity index is 2.03. The number of hydrogen-bond acceptors (Lipinski definition) is 3. The highest BCUT2D eigenvalue weighted by Crippen LogP contribution is 2.15. The van der Waals surface area contributed by atoms with E-state index in [1.165, 1.54) is 0 Å². The van der Waals surface area contributed by atoms with Crippen LogP contribution in [0, 0.1) is 6.92 Å². The van der Waals surface area contributed by atoms with Crippen molar-refractivity contribution in [3.8, 4) is 0 Å². The number of carbonyl (C=O) groups excluding carboxylic acids is 1. The number of anilines is 1. The molecule has 86 valence electrons. The van der Waals surface area contributed by atoms with E-state index in [1.807, 2.05) is 19.1 Å². The van der Waals surface area contributed by atoms with Gasteiger partial charge >= 0.3 is 0 Å². The molecule has 1 amide bonds. The van der Waals surface area contributed by atoms with Crippen molar-refractivity contribution in [1.82, 2.24) is 10.3 Å². The fraction of sp³-hybridized carbons (Fsp3) is 0.500. The second-order valence-electron chi connectivity index (χ2n) is 4.21. The van der Waals surface area contributed by atoms with E-state index in [0.717, 1.165) is 30.8 Å². The van der Waals surface area contributed by atoms with E-state index in [9.17, 15) is 4.79 Å². The maximum atomic E-state index is 11.4. The smallest absolute Gasteiger partial charge is 0.222 e. The zero-order valence-electron chi connectivity index (χ0n) is 9.49. The fourth-order valence-electron chi connectivity index (χ4n) is 1.93. The van der Waals surface area contributed by atoms with Crippen LogP contribution in [-0.4, -0.2) is 23.5 Å². The minimum Gasteiger partial charge on any atom is -0.367 e. The summed E-state index contributed by atoms with van der Waals surface area (Å²) in [6.07, 6.45) is 4.34. The van der Waals surface area contributed by atoms with Crippen molar-refractivity contribution < 1.29 is 4.79 Å². The van der Waals surface area contributed by atoms with E-state index >= 15 is 0 Å². The van der Waals surface area contributed by atoms with Gasteiger partial charge in [0.15, 0.2) is 0 Å². The average Bonchev–Trinajstić information content (AvgIpc) is 2.46. The van der Waals surface area contributed by atoms with Crippen molar-refractivity contribution in [1.29, 1.82) is 0 Å². The van der Waals surface area contributed by atoms with Crippen LogP contribution in [0.5, 0.6) is 0 Å². The van der Waals surface area contributed by atoms with Crippen molar-refractivity contribution >= 4 is 11.7 Å². The minimum absolute atomic E-state index is 0.128. The molecule has 1 unspecified atom stereocenters. The van der Waals surface area contributed by atoms with E-state index in [-0.39, 0.29) is 11.9 Å². The fourth-order valence-corrected chi connectivity index (χ4v) is 1.93. The Kier molecular flexibility index (Phi) is 3.39. The summed E-state index contributed by atoms with van der Waals surface area (Å²) in [5.74, 6) is 1.02. The van der Waals surface area contributed by atoms with Gasteiger partial charge in [-0.3, -0.25) is 4.79 Å². The van der Waals surface area contributed by atoms with Gasteiger partial charge in [-0.15, -0.1) is 0 Å². The highest BCUT2D eigenvalue weighted by molar-refractivity contribution is 5.77. The Morgan fingerprint density at radius 2 is 2.44 bits per heavy atom. The number of rotatable bonds is 2. The molecule has 0 spiro atoms. The first-order valence-corrected chi connectivity index (χ1v) is 5.70. The van der Waals surface area contributed by atoms with Gasteiger partial charge in [0, 0.05) is 25.2 Å². The number of hydrogen-bond donors (Lipinski definition) is 2. The molecule has 2 rings (SSSR count). The first-order valence-electron chi connectivity index (χ1n) is 5.70. The molecule has 2 N–H and O–H groups in total. The number of amides is 1. The molecule has 0 saturated carbocycles. The maximum absolute atomic E-state index is 11.4. The number of aryl methyl sites for hydroxylation is 1. The van der Waals surface area contributed by atoms with Crippen LogP contribution in [-0.2, 0) is 4.79 Å². The lowest BCUT2D eigenvalue weighted by Crippen LogP contribution is -2.27. The van der Waals surface area contributed by atoms with E-state index < -0.39 is 0 Å². The standard InChI is InChI=1S/C12H17N3O/c1-9-4-2-7-14-12(9)15-10-5-3-6-13-11(16)8-10/h2,4,7,10H,3,5-6,8H2,1H3,(H,13,16)(H,14,15). The number of nitrogens with zero attached hydrogens (tertiary/aromatic N) is 1. The Morgan fingerprint density at radius 3 is 3.25 bits per heavy atom. The van der Waals surface area contributed by atoms with Gasteiger partial charge in [0.2, 0.25) is 5.91 Å². The van der Waals surface area contributed by atoms with Crippen LogP contribution in [0.2, 0.25) is 0 Å². The summed E-state index contributed by atoms with van der Waals surface area (Å²) >= 11 is 0. The van der Waals surface area contributed by atoms with Gasteiger partial charge in [0.1, 0.15) is 5.82 Å². The summed E-state index contributed by atoms with van der Waals surface area (Å²) < 4.78 is 0. The monoisotopic (exact) mass is 219 g/mol. The van der Waals surface area contributed by atoms with E-state index in [1.54, 1.807) is 6.20 Å². The van der Waals surface area contributed by atoms with Gasteiger partial charge in [-0.25, -0.2) is 4.98 Å². The lowest BCUT2D eigenvalue weighted by atomic mass is 10.1. The van der Waals surface area contributed by atoms with Gasteiger partial charge in [0.25, 0.3) is 0 Å². The van der Waals surface area contributed by atoms with Crippen molar-refractivity contribution in [2.75, 3.05) is 11.9 Å². The lowest BCUT2D eigenvalue weighted by Gasteiger charge is -2.16. The second kappa shape index (κ2) is 4.96. The topological polar surface area (TPSA) is 54.0 Å². The van der Waals surface area contributed by atoms with E-state index in [0.29, 0.717) is 6.42 Å². The Morgan fingerprint density at radius 1 is 1.56 bits per heavy atom. The third kappa shape index (κ3) is 2.72. The molecule has 1 aromatic rings. The summed E-state index contributed by atoms with van der Waals surface area (Å²) in [5, 5.41) is 6.22. The van der Waals surface area contributed by atoms with Gasteiger partial charge < -0.3 is 10.6 Å². The summed E-state index contributed by atoms with van der Waals surface area (Å²) in [4.78, 5) is 15.7. The first kappa shape index (κ1) is 10.9. The van der Waals surface area contributed by atoms with Crippen LogP contribution in [0.1, 0.15) is 24.8 Å². The zero-order chi connectivity index (χ0) is 11.4. The van der Waals surface area contributed by atoms with Crippen molar-refractivity contribution in [3.63, 3.8) is 0 Å². The molecular weight excluding hydrogens is 202 g/mol. The van der Waals surface area contributed by atoms with Gasteiger partial charge in [0.05, 0.1) is 0 Å². The highest BCUT2D eigenvalue weighted by atomic mass is 16.1. The molecule has 1 aliphatic rings. The molecule has 16 heavy (non-hydrogen) atoms. The summed E-state index contributed by atoms with van der Waals surface area (Å²) in [5.41, 5.74) is 1.12. The van der Waals surface area contributed by atoms with E-state index in [2.05, 4.69) is 15.6 Å². The van der Waals surface area contributed by atoms with Crippen LogP contribution in [0.3, 0.4) is 0 Å². The molecule has 0 bridgehead atoms. The zero-order valence-corrected chi connectivity index (χ0v) is 9.49. The molecule has 1 fully saturated rings. The molecule has 1 aliphatic heterocycles. The number of pyridine rings is 1. The molecule has 0 aliphatic carbocycles. The Labute approximate surface area is 95.5 Å². The Bertz CT molecular complexity index is 378. The van der Waals surface area contributed by atoms with Crippen molar-refractivity contribution in [3.05, 3.63) is 23.9 Å². The molecule has 0 radical (unpaired) electrons. The maximum Gasteiger partial charge on any atom is 0.222 e. The van der Waals surface area contributed by atoms with Crippen LogP contribution in [0.15, 0.2) is 18.3 Å². The SMILES string of the molecule is Cc1cccnc1NC1CCCNC(=O)C1. The molecule has 4 nitrogen and oxygen atoms in total. The van der Waals surface area contributed by atoms with Crippen LogP contribution >= 0.6 is 0 Å². The minimum atomic E-state index is 0.128. The average molecular weight is 219 g/mol. The predicted molar refractivity (Wildman–Crippen MR) is 63.2 cm³/mol. The van der Waals surface area contributed by atoms with Crippen LogP contribution in [0.4, 0.5) is 5.82 Å². The van der Waals surface area contributed by atoms with Crippen molar-refractivity contribution in [2.24, 2.45) is 0 Å². The van der Waals surface area contributed by atoms with Gasteiger partial charge in [-0.2, -0.15) is 0 Å². The lowest BCUT2D eigenvalue weighted by molar-refractivity contribution is -0.120. The number of aromatic nitrogens is 1. The molecule has 1 atom stereocenters. The number of carbonyl (C=O) groups is 1. The third-order valence-corrected chi connectivity index (χ3v) is 2.83. The van der Waals surface area contributed by atoms with E-state index in [4.69, 9.17) is 0 Å². The molecular formula is C12H17N3O. The summed E-state index contributed by atoms with van der Waals surface area (Å²) in [7, 11) is 0. The summed E-state index contributed by atoms with van der Waals surface area (Å²) in [6.45, 7) is 2.81. The predicted octanol–water partition coefficient (Wildman–Crippen LogP) is 1.47. The summed E-state index contributed by atoms with van der Waals surface area (Å²) in [6, 6.07) is 4.14.